The molecule has 0 spiro atoms. The van der Waals surface area contributed by atoms with Crippen LogP contribution in [0.3, 0.4) is 0 Å². The fourth-order valence-corrected chi connectivity index (χ4v) is 2.18. The van der Waals surface area contributed by atoms with Gasteiger partial charge in [-0.1, -0.05) is 41.9 Å². The molecular weight excluding hydrogens is 242 g/mol. The summed E-state index contributed by atoms with van der Waals surface area (Å²) in [6, 6.07) is 14.4. The minimum absolute atomic E-state index is 0.777. The van der Waals surface area contributed by atoms with Gasteiger partial charge >= 0.3 is 0 Å². The van der Waals surface area contributed by atoms with Crippen LogP contribution in [0.1, 0.15) is 16.7 Å². The summed E-state index contributed by atoms with van der Waals surface area (Å²) in [5, 5.41) is 4.22. The van der Waals surface area contributed by atoms with E-state index < -0.39 is 0 Å². The first-order chi connectivity index (χ1) is 8.66. The minimum Gasteiger partial charge on any atom is -0.384 e. The first-order valence-corrected chi connectivity index (χ1v) is 6.59. The van der Waals surface area contributed by atoms with Crippen molar-refractivity contribution in [3.63, 3.8) is 0 Å². The lowest BCUT2D eigenvalue weighted by atomic mass is 10.1. The van der Waals surface area contributed by atoms with Crippen LogP contribution in [0, 0.1) is 13.8 Å². The number of nitrogens with one attached hydrogen (secondary N) is 1. The summed E-state index contributed by atoms with van der Waals surface area (Å²) in [5.41, 5.74) is 5.09. The van der Waals surface area contributed by atoms with Crippen LogP contribution in [0.15, 0.2) is 42.5 Å². The first-order valence-electron chi connectivity index (χ1n) is 6.21. The second kappa shape index (κ2) is 5.92. The zero-order valence-corrected chi connectivity index (χ0v) is 11.6. The highest BCUT2D eigenvalue weighted by molar-refractivity contribution is 6.30. The molecule has 0 saturated heterocycles. The first kappa shape index (κ1) is 13.0. The molecule has 1 nitrogen and oxygen atoms in total. The zero-order chi connectivity index (χ0) is 13.0. The molecule has 2 aromatic carbocycles. The van der Waals surface area contributed by atoms with Crippen molar-refractivity contribution in [1.29, 1.82) is 0 Å². The van der Waals surface area contributed by atoms with Crippen molar-refractivity contribution in [3.05, 3.63) is 64.2 Å². The Hall–Kier alpha value is -1.47. The second-order valence-electron chi connectivity index (χ2n) is 4.56. The number of anilines is 1. The van der Waals surface area contributed by atoms with Crippen LogP contribution >= 0.6 is 11.6 Å². The molecule has 1 N–H and O–H groups in total. The Morgan fingerprint density at radius 2 is 1.78 bits per heavy atom. The summed E-state index contributed by atoms with van der Waals surface area (Å²) < 4.78 is 0. The van der Waals surface area contributed by atoms with Gasteiger partial charge in [-0.15, -0.1) is 0 Å². The van der Waals surface area contributed by atoms with E-state index >= 15 is 0 Å². The van der Waals surface area contributed by atoms with Crippen LogP contribution in [-0.2, 0) is 6.42 Å². The van der Waals surface area contributed by atoms with Gasteiger partial charge in [-0.25, -0.2) is 0 Å². The third-order valence-corrected chi connectivity index (χ3v) is 3.41. The lowest BCUT2D eigenvalue weighted by Crippen LogP contribution is -2.06. The molecule has 0 unspecified atom stereocenters. The Bertz CT molecular complexity index is 534. The van der Waals surface area contributed by atoms with Gasteiger partial charge in [0.05, 0.1) is 0 Å². The van der Waals surface area contributed by atoms with Crippen LogP contribution in [0.4, 0.5) is 5.69 Å². The molecule has 0 aliphatic carbocycles. The van der Waals surface area contributed by atoms with Crippen molar-refractivity contribution in [3.8, 4) is 0 Å². The number of benzene rings is 2. The van der Waals surface area contributed by atoms with Gasteiger partial charge in [0, 0.05) is 17.3 Å². The molecular formula is C16H18ClN. The summed E-state index contributed by atoms with van der Waals surface area (Å²) in [4.78, 5) is 0. The Morgan fingerprint density at radius 1 is 1.00 bits per heavy atom. The van der Waals surface area contributed by atoms with Crippen molar-refractivity contribution < 1.29 is 0 Å². The molecule has 0 fully saturated rings. The molecule has 2 aromatic rings. The third kappa shape index (κ3) is 3.27. The maximum absolute atomic E-state index is 6.00. The van der Waals surface area contributed by atoms with E-state index in [9.17, 15) is 0 Å². The average Bonchev–Trinajstić information content (AvgIpc) is 2.36. The van der Waals surface area contributed by atoms with Crippen molar-refractivity contribution in [2.45, 2.75) is 20.3 Å². The van der Waals surface area contributed by atoms with E-state index in [1.807, 2.05) is 18.2 Å². The van der Waals surface area contributed by atoms with Gasteiger partial charge in [-0.2, -0.15) is 0 Å². The van der Waals surface area contributed by atoms with Crippen molar-refractivity contribution in [1.82, 2.24) is 0 Å². The van der Waals surface area contributed by atoms with Gasteiger partial charge in [0.1, 0.15) is 0 Å². The Balaban J connectivity index is 1.96. The van der Waals surface area contributed by atoms with E-state index in [0.29, 0.717) is 0 Å². The lowest BCUT2D eigenvalue weighted by molar-refractivity contribution is 1.00. The summed E-state index contributed by atoms with van der Waals surface area (Å²) >= 11 is 6.00. The van der Waals surface area contributed by atoms with Crippen LogP contribution in [0.25, 0.3) is 0 Å². The average molecular weight is 260 g/mol. The van der Waals surface area contributed by atoms with E-state index in [4.69, 9.17) is 11.6 Å². The summed E-state index contributed by atoms with van der Waals surface area (Å²) in [7, 11) is 0. The maximum Gasteiger partial charge on any atom is 0.0426 e. The molecule has 0 aliphatic heterocycles. The molecule has 94 valence electrons. The quantitative estimate of drug-likeness (QED) is 0.845. The standard InChI is InChI=1S/C16H18ClN/c1-12-5-3-4-6-14(12)9-10-18-16-11-15(17)8-7-13(16)2/h3-8,11,18H,9-10H2,1-2H3. The molecule has 0 amide bonds. The number of halogens is 1. The Labute approximate surface area is 114 Å². The molecule has 0 aliphatic rings. The molecule has 0 atom stereocenters. The predicted molar refractivity (Wildman–Crippen MR) is 79.6 cm³/mol. The Morgan fingerprint density at radius 3 is 2.56 bits per heavy atom. The number of hydrogen-bond acceptors (Lipinski definition) is 1. The maximum atomic E-state index is 6.00. The normalized spacial score (nSPS) is 10.4. The van der Waals surface area contributed by atoms with Crippen molar-refractivity contribution >= 4 is 17.3 Å². The van der Waals surface area contributed by atoms with E-state index in [1.54, 1.807) is 0 Å². The van der Waals surface area contributed by atoms with Gasteiger partial charge in [0.25, 0.3) is 0 Å². The summed E-state index contributed by atoms with van der Waals surface area (Å²) in [6.45, 7) is 5.17. The third-order valence-electron chi connectivity index (χ3n) is 3.17. The topological polar surface area (TPSA) is 12.0 Å². The molecule has 0 radical (unpaired) electrons. The fourth-order valence-electron chi connectivity index (χ4n) is 2.01. The van der Waals surface area contributed by atoms with Crippen molar-refractivity contribution in [2.24, 2.45) is 0 Å². The summed E-state index contributed by atoms with van der Waals surface area (Å²) in [6.07, 6.45) is 1.03. The van der Waals surface area contributed by atoms with Crippen molar-refractivity contribution in [2.75, 3.05) is 11.9 Å². The number of rotatable bonds is 4. The van der Waals surface area contributed by atoms with Gasteiger partial charge in [-0.05, 0) is 49.1 Å². The van der Waals surface area contributed by atoms with E-state index in [-0.39, 0.29) is 0 Å². The van der Waals surface area contributed by atoms with E-state index in [0.717, 1.165) is 23.7 Å². The highest BCUT2D eigenvalue weighted by atomic mass is 35.5. The van der Waals surface area contributed by atoms with Crippen LogP contribution < -0.4 is 5.32 Å². The Kier molecular flexibility index (Phi) is 4.27. The fraction of sp³-hybridized carbons (Fsp3) is 0.250. The zero-order valence-electron chi connectivity index (χ0n) is 10.8. The van der Waals surface area contributed by atoms with Gasteiger partial charge in [0.2, 0.25) is 0 Å². The largest absolute Gasteiger partial charge is 0.384 e. The predicted octanol–water partition coefficient (Wildman–Crippen LogP) is 4.61. The number of aryl methyl sites for hydroxylation is 2. The molecule has 0 heterocycles. The highest BCUT2D eigenvalue weighted by Gasteiger charge is 2.00. The molecule has 0 bridgehead atoms. The second-order valence-corrected chi connectivity index (χ2v) is 5.00. The molecule has 18 heavy (non-hydrogen) atoms. The molecule has 0 aromatic heterocycles. The lowest BCUT2D eigenvalue weighted by Gasteiger charge is -2.11. The van der Waals surface area contributed by atoms with E-state index in [2.05, 4.69) is 43.4 Å². The minimum atomic E-state index is 0.777. The molecule has 2 rings (SSSR count). The van der Waals surface area contributed by atoms with E-state index in [1.165, 1.54) is 16.7 Å². The monoisotopic (exact) mass is 259 g/mol. The summed E-state index contributed by atoms with van der Waals surface area (Å²) in [5.74, 6) is 0. The molecule has 2 heteroatoms. The van der Waals surface area contributed by atoms with Crippen LogP contribution in [0.2, 0.25) is 5.02 Å². The van der Waals surface area contributed by atoms with Gasteiger partial charge < -0.3 is 5.32 Å². The molecule has 0 saturated carbocycles. The van der Waals surface area contributed by atoms with Crippen LogP contribution in [0.5, 0.6) is 0 Å². The number of hydrogen-bond donors (Lipinski definition) is 1. The smallest absolute Gasteiger partial charge is 0.0426 e. The van der Waals surface area contributed by atoms with Crippen LogP contribution in [-0.4, -0.2) is 6.54 Å². The van der Waals surface area contributed by atoms with Gasteiger partial charge in [0.15, 0.2) is 0 Å². The van der Waals surface area contributed by atoms with Gasteiger partial charge in [-0.3, -0.25) is 0 Å². The highest BCUT2D eigenvalue weighted by Crippen LogP contribution is 2.20. The SMILES string of the molecule is Cc1ccccc1CCNc1cc(Cl)ccc1C.